The smallest absolute Gasteiger partial charge is 0.243 e. The van der Waals surface area contributed by atoms with Gasteiger partial charge in [-0.3, -0.25) is 4.79 Å². The van der Waals surface area contributed by atoms with Gasteiger partial charge in [0.25, 0.3) is 0 Å². The van der Waals surface area contributed by atoms with Gasteiger partial charge in [0.05, 0.1) is 21.0 Å². The highest BCUT2D eigenvalue weighted by Gasteiger charge is 2.33. The Morgan fingerprint density at radius 2 is 1.97 bits per heavy atom. The minimum absolute atomic E-state index is 0.175. The molecule has 3 aromatic rings. The van der Waals surface area contributed by atoms with Crippen LogP contribution in [0.2, 0.25) is 0 Å². The Hall–Kier alpha value is -2.29. The minimum Gasteiger partial charge on any atom is -0.302 e. The van der Waals surface area contributed by atoms with E-state index in [4.69, 9.17) is 0 Å². The molecule has 2 heterocycles. The molecule has 1 aliphatic heterocycles. The molecule has 1 amide bonds. The topological polar surface area (TPSA) is 79.4 Å². The maximum Gasteiger partial charge on any atom is 0.243 e. The van der Waals surface area contributed by atoms with E-state index in [0.717, 1.165) is 21.3 Å². The van der Waals surface area contributed by atoms with Crippen LogP contribution in [0, 0.1) is 19.8 Å². The molecule has 1 fully saturated rings. The van der Waals surface area contributed by atoms with Gasteiger partial charge in [0.2, 0.25) is 15.9 Å². The second kappa shape index (κ2) is 7.85. The zero-order chi connectivity index (χ0) is 20.6. The highest BCUT2D eigenvalue weighted by atomic mass is 32.2. The maximum absolute atomic E-state index is 12.9. The van der Waals surface area contributed by atoms with Crippen molar-refractivity contribution >= 4 is 42.6 Å². The van der Waals surface area contributed by atoms with Gasteiger partial charge < -0.3 is 5.32 Å². The third-order valence-electron chi connectivity index (χ3n) is 5.20. The molecule has 0 aliphatic carbocycles. The van der Waals surface area contributed by atoms with Crippen LogP contribution in [0.3, 0.4) is 0 Å². The number of anilines is 1. The minimum atomic E-state index is -3.59. The Labute approximate surface area is 174 Å². The maximum atomic E-state index is 12.9. The predicted octanol–water partition coefficient (Wildman–Crippen LogP) is 3.95. The molecule has 1 saturated heterocycles. The Morgan fingerprint density at radius 3 is 2.72 bits per heavy atom. The Kier molecular flexibility index (Phi) is 5.42. The number of amides is 1. The summed E-state index contributed by atoms with van der Waals surface area (Å²) < 4.78 is 28.2. The van der Waals surface area contributed by atoms with Crippen molar-refractivity contribution in [3.63, 3.8) is 0 Å². The number of benzene rings is 2. The number of carbonyl (C=O) groups excluding carboxylic acids is 1. The fraction of sp³-hybridized carbons (Fsp3) is 0.333. The molecule has 1 aromatic heterocycles. The van der Waals surface area contributed by atoms with Gasteiger partial charge in [-0.15, -0.1) is 0 Å². The number of thiazole rings is 1. The molecule has 0 bridgehead atoms. The molecule has 1 atom stereocenters. The highest BCUT2D eigenvalue weighted by molar-refractivity contribution is 7.89. The number of aryl methyl sites for hydroxylation is 2. The number of sulfonamides is 1. The van der Waals surface area contributed by atoms with E-state index in [2.05, 4.69) is 22.4 Å². The summed E-state index contributed by atoms with van der Waals surface area (Å²) in [6.07, 6.45) is 1.32. The molecule has 0 saturated carbocycles. The average Bonchev–Trinajstić information content (AvgIpc) is 3.11. The summed E-state index contributed by atoms with van der Waals surface area (Å²) in [6, 6.07) is 12.5. The average molecular weight is 430 g/mol. The molecule has 1 aliphatic rings. The first-order valence-electron chi connectivity index (χ1n) is 9.58. The molecule has 6 nitrogen and oxygen atoms in total. The summed E-state index contributed by atoms with van der Waals surface area (Å²) in [6.45, 7) is 4.66. The lowest BCUT2D eigenvalue weighted by atomic mass is 9.99. The van der Waals surface area contributed by atoms with Crippen LogP contribution in [0.15, 0.2) is 47.4 Å². The van der Waals surface area contributed by atoms with E-state index in [0.29, 0.717) is 24.5 Å². The Bertz CT molecular complexity index is 1160. The lowest BCUT2D eigenvalue weighted by Crippen LogP contribution is -2.43. The molecule has 29 heavy (non-hydrogen) atoms. The molecule has 152 valence electrons. The van der Waals surface area contributed by atoms with Crippen LogP contribution in [0.25, 0.3) is 10.2 Å². The van der Waals surface area contributed by atoms with Crippen LogP contribution in [0.4, 0.5) is 5.13 Å². The highest BCUT2D eigenvalue weighted by Crippen LogP contribution is 2.30. The summed E-state index contributed by atoms with van der Waals surface area (Å²) in [5, 5.41) is 3.46. The van der Waals surface area contributed by atoms with E-state index >= 15 is 0 Å². The van der Waals surface area contributed by atoms with Gasteiger partial charge in [0.15, 0.2) is 5.13 Å². The second-order valence-corrected chi connectivity index (χ2v) is 10.4. The van der Waals surface area contributed by atoms with E-state index in [1.54, 1.807) is 30.3 Å². The van der Waals surface area contributed by atoms with E-state index in [9.17, 15) is 13.2 Å². The van der Waals surface area contributed by atoms with Crippen LogP contribution < -0.4 is 5.32 Å². The van der Waals surface area contributed by atoms with Gasteiger partial charge in [-0.1, -0.05) is 35.6 Å². The monoisotopic (exact) mass is 429 g/mol. The second-order valence-electron chi connectivity index (χ2n) is 7.45. The number of nitrogens with one attached hydrogen (secondary N) is 1. The quantitative estimate of drug-likeness (QED) is 0.681. The number of fused-ring (bicyclic) bond motifs is 1. The molecule has 0 spiro atoms. The molecule has 2 aromatic carbocycles. The molecule has 1 N–H and O–H groups in total. The van der Waals surface area contributed by atoms with Crippen LogP contribution in [-0.4, -0.2) is 36.7 Å². The summed E-state index contributed by atoms with van der Waals surface area (Å²) in [5.74, 6) is -0.566. The van der Waals surface area contributed by atoms with Crippen molar-refractivity contribution in [2.75, 3.05) is 18.4 Å². The first-order chi connectivity index (χ1) is 13.8. The third-order valence-corrected chi connectivity index (χ3v) is 7.99. The van der Waals surface area contributed by atoms with Gasteiger partial charge in [0, 0.05) is 13.1 Å². The first kappa shape index (κ1) is 20.0. The summed E-state index contributed by atoms with van der Waals surface area (Å²) in [7, 11) is -3.59. The lowest BCUT2D eigenvalue weighted by molar-refractivity contribution is -0.120. The molecule has 4 rings (SSSR count). The first-order valence-corrected chi connectivity index (χ1v) is 11.8. The SMILES string of the molecule is Cc1cc(C)c2nc(NC(=O)[C@H]3CCCN(S(=O)(=O)c4ccccc4)C3)sc2c1. The number of piperidine rings is 1. The zero-order valence-electron chi connectivity index (χ0n) is 16.4. The Balaban J connectivity index is 1.50. The van der Waals surface area contributed by atoms with E-state index < -0.39 is 15.9 Å². The van der Waals surface area contributed by atoms with Crippen molar-refractivity contribution in [2.24, 2.45) is 5.92 Å². The number of hydrogen-bond donors (Lipinski definition) is 1. The van der Waals surface area contributed by atoms with Crippen LogP contribution >= 0.6 is 11.3 Å². The molecule has 8 heteroatoms. The van der Waals surface area contributed by atoms with Crippen molar-refractivity contribution in [1.82, 2.24) is 9.29 Å². The number of aromatic nitrogens is 1. The number of hydrogen-bond acceptors (Lipinski definition) is 5. The largest absolute Gasteiger partial charge is 0.302 e. The molecule has 0 unspecified atom stereocenters. The molecular formula is C21H23N3O3S2. The van der Waals surface area contributed by atoms with Gasteiger partial charge in [-0.25, -0.2) is 13.4 Å². The molecule has 0 radical (unpaired) electrons. The van der Waals surface area contributed by atoms with Crippen molar-refractivity contribution in [1.29, 1.82) is 0 Å². The van der Waals surface area contributed by atoms with E-state index in [1.807, 2.05) is 13.8 Å². The zero-order valence-corrected chi connectivity index (χ0v) is 18.0. The van der Waals surface area contributed by atoms with Crippen LogP contribution in [0.5, 0.6) is 0 Å². The summed E-state index contributed by atoms with van der Waals surface area (Å²) in [5.41, 5.74) is 3.13. The van der Waals surface area contributed by atoms with Crippen LogP contribution in [0.1, 0.15) is 24.0 Å². The van der Waals surface area contributed by atoms with Crippen molar-refractivity contribution < 1.29 is 13.2 Å². The van der Waals surface area contributed by atoms with Crippen molar-refractivity contribution in [3.8, 4) is 0 Å². The van der Waals surface area contributed by atoms with E-state index in [1.165, 1.54) is 15.6 Å². The van der Waals surface area contributed by atoms with Gasteiger partial charge in [-0.05, 0) is 56.0 Å². The summed E-state index contributed by atoms with van der Waals surface area (Å²) >= 11 is 1.45. The fourth-order valence-electron chi connectivity index (χ4n) is 3.75. The Morgan fingerprint density at radius 1 is 1.21 bits per heavy atom. The third kappa shape index (κ3) is 4.05. The molecular weight excluding hydrogens is 406 g/mol. The number of rotatable bonds is 4. The fourth-order valence-corrected chi connectivity index (χ4v) is 6.34. The van der Waals surface area contributed by atoms with E-state index in [-0.39, 0.29) is 17.3 Å². The summed E-state index contributed by atoms with van der Waals surface area (Å²) in [4.78, 5) is 17.7. The standard InChI is InChI=1S/C21H23N3O3S2/c1-14-11-15(2)19-18(12-14)28-21(22-19)23-20(25)16-7-6-10-24(13-16)29(26,27)17-8-4-3-5-9-17/h3-5,8-9,11-12,16H,6-7,10,13H2,1-2H3,(H,22,23,25)/t16-/m0/s1. The predicted molar refractivity (Wildman–Crippen MR) is 116 cm³/mol. The van der Waals surface area contributed by atoms with Crippen LogP contribution in [-0.2, 0) is 14.8 Å². The van der Waals surface area contributed by atoms with Gasteiger partial charge in [-0.2, -0.15) is 4.31 Å². The van der Waals surface area contributed by atoms with Crippen molar-refractivity contribution in [3.05, 3.63) is 53.6 Å². The lowest BCUT2D eigenvalue weighted by Gasteiger charge is -2.31. The number of nitrogens with zero attached hydrogens (tertiary/aromatic N) is 2. The number of carbonyl (C=O) groups is 1. The van der Waals surface area contributed by atoms with Gasteiger partial charge >= 0.3 is 0 Å². The van der Waals surface area contributed by atoms with Gasteiger partial charge in [0.1, 0.15) is 0 Å². The van der Waals surface area contributed by atoms with Crippen molar-refractivity contribution in [2.45, 2.75) is 31.6 Å². The normalized spacial score (nSPS) is 18.1.